The van der Waals surface area contributed by atoms with Gasteiger partial charge < -0.3 is 14.6 Å². The molecule has 5 nitrogen and oxygen atoms in total. The minimum Gasteiger partial charge on any atom is -0.367 e. The number of benzene rings is 1. The average molecular weight is 287 g/mol. The second-order valence-corrected chi connectivity index (χ2v) is 5.58. The Morgan fingerprint density at radius 3 is 3.15 bits per heavy atom. The van der Waals surface area contributed by atoms with Gasteiger partial charge in [0.1, 0.15) is 6.10 Å². The third-order valence-corrected chi connectivity index (χ3v) is 4.33. The smallest absolute Gasteiger partial charge is 0.259 e. The highest BCUT2D eigenvalue weighted by Crippen LogP contribution is 2.33. The monoisotopic (exact) mass is 287 g/mol. The third kappa shape index (κ3) is 2.02. The van der Waals surface area contributed by atoms with Gasteiger partial charge in [0.15, 0.2) is 0 Å². The second-order valence-electron chi connectivity index (χ2n) is 4.67. The summed E-state index contributed by atoms with van der Waals surface area (Å²) in [4.78, 5) is 4.49. The highest BCUT2D eigenvalue weighted by molar-refractivity contribution is 7.17. The Bertz CT molecular complexity index is 731. The molecule has 1 aliphatic rings. The number of ether oxygens (including phenoxy) is 1. The summed E-state index contributed by atoms with van der Waals surface area (Å²) in [6.07, 6.45) is -0.119. The fraction of sp³-hybridized carbons (Fsp3) is 0.286. The molecule has 2 aromatic heterocycles. The molecule has 0 spiro atoms. The van der Waals surface area contributed by atoms with E-state index >= 15 is 0 Å². The topological polar surface area (TPSA) is 60.2 Å². The first-order valence-corrected chi connectivity index (χ1v) is 7.42. The van der Waals surface area contributed by atoms with Crippen LogP contribution in [-0.2, 0) is 4.74 Å². The van der Waals surface area contributed by atoms with E-state index in [9.17, 15) is 0 Å². The van der Waals surface area contributed by atoms with E-state index in [1.54, 1.807) is 11.3 Å². The van der Waals surface area contributed by atoms with Gasteiger partial charge in [-0.25, -0.2) is 0 Å². The van der Waals surface area contributed by atoms with Gasteiger partial charge in [-0.1, -0.05) is 23.4 Å². The Morgan fingerprint density at radius 1 is 1.30 bits per heavy atom. The molecule has 1 fully saturated rings. The second kappa shape index (κ2) is 4.97. The van der Waals surface area contributed by atoms with Crippen LogP contribution in [0.1, 0.15) is 11.9 Å². The molecule has 0 bridgehead atoms. The van der Waals surface area contributed by atoms with Crippen molar-refractivity contribution in [3.8, 4) is 11.5 Å². The molecule has 0 saturated carbocycles. The Kier molecular flexibility index (Phi) is 2.99. The van der Waals surface area contributed by atoms with Gasteiger partial charge in [-0.05, 0) is 6.07 Å². The molecule has 1 saturated heterocycles. The highest BCUT2D eigenvalue weighted by atomic mass is 32.1. The quantitative estimate of drug-likeness (QED) is 0.785. The van der Waals surface area contributed by atoms with Gasteiger partial charge in [0.05, 0.1) is 12.2 Å². The van der Waals surface area contributed by atoms with Crippen LogP contribution in [0.2, 0.25) is 0 Å². The third-order valence-electron chi connectivity index (χ3n) is 3.37. The molecule has 1 aromatic carbocycles. The molecular formula is C14H13N3O2S. The fourth-order valence-electron chi connectivity index (χ4n) is 2.35. The van der Waals surface area contributed by atoms with Crippen molar-refractivity contribution in [2.45, 2.75) is 6.10 Å². The number of nitrogens with one attached hydrogen (secondary N) is 1. The zero-order chi connectivity index (χ0) is 13.4. The maximum atomic E-state index is 5.64. The summed E-state index contributed by atoms with van der Waals surface area (Å²) < 4.78 is 12.3. The van der Waals surface area contributed by atoms with Gasteiger partial charge in [-0.2, -0.15) is 4.98 Å². The van der Waals surface area contributed by atoms with Gasteiger partial charge in [0.25, 0.3) is 5.89 Å². The molecule has 102 valence electrons. The van der Waals surface area contributed by atoms with E-state index < -0.39 is 0 Å². The van der Waals surface area contributed by atoms with Crippen LogP contribution in [0, 0.1) is 0 Å². The van der Waals surface area contributed by atoms with Crippen LogP contribution < -0.4 is 5.32 Å². The van der Waals surface area contributed by atoms with Crippen molar-refractivity contribution in [3.63, 3.8) is 0 Å². The van der Waals surface area contributed by atoms with Crippen molar-refractivity contribution in [1.29, 1.82) is 0 Å². The Hall–Kier alpha value is -1.76. The van der Waals surface area contributed by atoms with Crippen molar-refractivity contribution in [3.05, 3.63) is 35.5 Å². The molecule has 1 atom stereocenters. The number of nitrogens with zero attached hydrogens (tertiary/aromatic N) is 2. The Balaban J connectivity index is 1.70. The van der Waals surface area contributed by atoms with E-state index in [2.05, 4.69) is 33.0 Å². The van der Waals surface area contributed by atoms with Crippen LogP contribution in [0.25, 0.3) is 21.5 Å². The molecule has 3 heterocycles. The molecule has 1 unspecified atom stereocenters. The van der Waals surface area contributed by atoms with Crippen molar-refractivity contribution < 1.29 is 9.26 Å². The van der Waals surface area contributed by atoms with Gasteiger partial charge in [0.2, 0.25) is 5.82 Å². The zero-order valence-electron chi connectivity index (χ0n) is 10.7. The van der Waals surface area contributed by atoms with Gasteiger partial charge >= 0.3 is 0 Å². The molecule has 6 heteroatoms. The van der Waals surface area contributed by atoms with Crippen LogP contribution in [-0.4, -0.2) is 29.8 Å². The summed E-state index contributed by atoms with van der Waals surface area (Å²) >= 11 is 1.68. The van der Waals surface area contributed by atoms with Crippen molar-refractivity contribution in [2.75, 3.05) is 19.7 Å². The van der Waals surface area contributed by atoms with E-state index in [-0.39, 0.29) is 6.10 Å². The number of aromatic nitrogens is 2. The van der Waals surface area contributed by atoms with Crippen LogP contribution in [0.4, 0.5) is 0 Å². The number of hydrogen-bond acceptors (Lipinski definition) is 6. The SMILES string of the molecule is c1ccc2c(-c3nc(C4CNCCO4)no3)csc2c1. The molecule has 20 heavy (non-hydrogen) atoms. The first-order valence-electron chi connectivity index (χ1n) is 6.54. The number of thiophene rings is 1. The summed E-state index contributed by atoms with van der Waals surface area (Å²) in [5.41, 5.74) is 0.994. The van der Waals surface area contributed by atoms with Crippen LogP contribution in [0.5, 0.6) is 0 Å². The summed E-state index contributed by atoms with van der Waals surface area (Å²) in [7, 11) is 0. The molecule has 1 aliphatic heterocycles. The lowest BCUT2D eigenvalue weighted by Crippen LogP contribution is -2.33. The van der Waals surface area contributed by atoms with Crippen molar-refractivity contribution >= 4 is 21.4 Å². The standard InChI is InChI=1S/C14H13N3O2S/c1-2-4-12-9(3-1)10(8-20-12)14-16-13(17-19-14)11-7-15-5-6-18-11/h1-4,8,11,15H,5-7H2. The molecule has 1 N–H and O–H groups in total. The maximum absolute atomic E-state index is 5.64. The van der Waals surface area contributed by atoms with Crippen LogP contribution >= 0.6 is 11.3 Å². The highest BCUT2D eigenvalue weighted by Gasteiger charge is 2.22. The van der Waals surface area contributed by atoms with Crippen molar-refractivity contribution in [1.82, 2.24) is 15.5 Å². The molecule has 0 aliphatic carbocycles. The summed E-state index contributed by atoms with van der Waals surface area (Å²) in [5, 5.41) is 10.5. The van der Waals surface area contributed by atoms with E-state index in [0.717, 1.165) is 24.0 Å². The summed E-state index contributed by atoms with van der Waals surface area (Å²) in [6.45, 7) is 2.27. The fourth-order valence-corrected chi connectivity index (χ4v) is 3.28. The van der Waals surface area contributed by atoms with Gasteiger partial charge in [-0.3, -0.25) is 0 Å². The molecular weight excluding hydrogens is 274 g/mol. The molecule has 3 aromatic rings. The lowest BCUT2D eigenvalue weighted by molar-refractivity contribution is 0.0208. The van der Waals surface area contributed by atoms with E-state index in [1.807, 2.05) is 12.1 Å². The first-order chi connectivity index (χ1) is 9.92. The molecule has 0 radical (unpaired) electrons. The lowest BCUT2D eigenvalue weighted by atomic mass is 10.2. The normalized spacial score (nSPS) is 19.5. The number of fused-ring (bicyclic) bond motifs is 1. The average Bonchev–Trinajstić information content (AvgIpc) is 3.14. The van der Waals surface area contributed by atoms with E-state index in [1.165, 1.54) is 4.70 Å². The van der Waals surface area contributed by atoms with Crippen molar-refractivity contribution in [2.24, 2.45) is 0 Å². The van der Waals surface area contributed by atoms with E-state index in [0.29, 0.717) is 18.3 Å². The van der Waals surface area contributed by atoms with Gasteiger partial charge in [-0.15, -0.1) is 11.3 Å². The largest absolute Gasteiger partial charge is 0.367 e. The van der Waals surface area contributed by atoms with E-state index in [4.69, 9.17) is 9.26 Å². The number of morpholine rings is 1. The lowest BCUT2D eigenvalue weighted by Gasteiger charge is -2.20. The minimum atomic E-state index is -0.119. The zero-order valence-corrected chi connectivity index (χ0v) is 11.5. The summed E-state index contributed by atoms with van der Waals surface area (Å²) in [5.74, 6) is 1.18. The number of rotatable bonds is 2. The van der Waals surface area contributed by atoms with Crippen LogP contribution in [0.15, 0.2) is 34.2 Å². The predicted octanol–water partition coefficient (Wildman–Crippen LogP) is 2.61. The number of hydrogen-bond donors (Lipinski definition) is 1. The molecule has 0 amide bonds. The first kappa shape index (κ1) is 12.0. The maximum Gasteiger partial charge on any atom is 0.259 e. The Labute approximate surface area is 119 Å². The predicted molar refractivity (Wildman–Crippen MR) is 76.7 cm³/mol. The van der Waals surface area contributed by atoms with Gasteiger partial charge in [0, 0.05) is 28.6 Å². The Morgan fingerprint density at radius 2 is 2.25 bits per heavy atom. The summed E-state index contributed by atoms with van der Waals surface area (Å²) in [6, 6.07) is 8.21. The minimum absolute atomic E-state index is 0.119. The molecule has 4 rings (SSSR count). The van der Waals surface area contributed by atoms with Crippen LogP contribution in [0.3, 0.4) is 0 Å².